The second-order valence-corrected chi connectivity index (χ2v) is 7.28. The SMILES string of the molecule is O=C(CN1CCCN(CC2CCCCC2)CC1)NC1CC1. The predicted octanol–water partition coefficient (Wildman–Crippen LogP) is 1.85. The van der Waals surface area contributed by atoms with E-state index >= 15 is 0 Å². The number of hydrogen-bond donors (Lipinski definition) is 1. The van der Waals surface area contributed by atoms with Crippen molar-refractivity contribution >= 4 is 5.91 Å². The van der Waals surface area contributed by atoms with Crippen molar-refractivity contribution in [3.05, 3.63) is 0 Å². The van der Waals surface area contributed by atoms with Crippen molar-refractivity contribution < 1.29 is 4.79 Å². The zero-order valence-electron chi connectivity index (χ0n) is 13.4. The highest BCUT2D eigenvalue weighted by atomic mass is 16.2. The summed E-state index contributed by atoms with van der Waals surface area (Å²) in [5.41, 5.74) is 0. The van der Waals surface area contributed by atoms with Crippen LogP contribution in [-0.4, -0.2) is 61.0 Å². The van der Waals surface area contributed by atoms with Crippen LogP contribution in [0.5, 0.6) is 0 Å². The summed E-state index contributed by atoms with van der Waals surface area (Å²) in [5.74, 6) is 1.17. The van der Waals surface area contributed by atoms with Gasteiger partial charge in [0.2, 0.25) is 5.91 Å². The molecule has 0 aromatic rings. The molecule has 3 aliphatic rings. The van der Waals surface area contributed by atoms with Gasteiger partial charge in [-0.3, -0.25) is 9.69 Å². The first kappa shape index (κ1) is 15.3. The van der Waals surface area contributed by atoms with Gasteiger partial charge in [-0.2, -0.15) is 0 Å². The van der Waals surface area contributed by atoms with E-state index in [0.717, 1.165) is 25.6 Å². The fourth-order valence-corrected chi connectivity index (χ4v) is 3.80. The molecule has 0 radical (unpaired) electrons. The van der Waals surface area contributed by atoms with Gasteiger partial charge < -0.3 is 10.2 Å². The number of amides is 1. The minimum atomic E-state index is 0.234. The van der Waals surface area contributed by atoms with Gasteiger partial charge >= 0.3 is 0 Å². The highest BCUT2D eigenvalue weighted by Gasteiger charge is 2.25. The normalized spacial score (nSPS) is 26.5. The van der Waals surface area contributed by atoms with Crippen LogP contribution in [0.3, 0.4) is 0 Å². The Bertz CT molecular complexity index is 337. The minimum absolute atomic E-state index is 0.234. The van der Waals surface area contributed by atoms with Crippen LogP contribution >= 0.6 is 0 Å². The van der Waals surface area contributed by atoms with E-state index in [9.17, 15) is 4.79 Å². The average Bonchev–Trinajstić information content (AvgIpc) is 3.29. The lowest BCUT2D eigenvalue weighted by atomic mass is 9.89. The molecule has 3 rings (SSSR count). The largest absolute Gasteiger partial charge is 0.352 e. The Morgan fingerprint density at radius 3 is 2.33 bits per heavy atom. The van der Waals surface area contributed by atoms with Gasteiger partial charge in [-0.25, -0.2) is 0 Å². The molecule has 0 bridgehead atoms. The number of nitrogens with zero attached hydrogens (tertiary/aromatic N) is 2. The molecule has 120 valence electrons. The van der Waals surface area contributed by atoms with E-state index in [0.29, 0.717) is 12.6 Å². The molecule has 4 nitrogen and oxygen atoms in total. The number of carbonyl (C=O) groups excluding carboxylic acids is 1. The lowest BCUT2D eigenvalue weighted by Gasteiger charge is -2.28. The van der Waals surface area contributed by atoms with E-state index in [2.05, 4.69) is 15.1 Å². The standard InChI is InChI=1S/C17H31N3O/c21-17(18-16-7-8-16)14-20-10-4-9-19(11-12-20)13-15-5-2-1-3-6-15/h15-16H,1-14H2,(H,18,21). The summed E-state index contributed by atoms with van der Waals surface area (Å²) in [4.78, 5) is 16.9. The molecule has 1 N–H and O–H groups in total. The van der Waals surface area contributed by atoms with E-state index in [-0.39, 0.29) is 5.91 Å². The van der Waals surface area contributed by atoms with Crippen molar-refractivity contribution in [2.45, 2.75) is 57.4 Å². The van der Waals surface area contributed by atoms with Crippen molar-refractivity contribution in [2.75, 3.05) is 39.3 Å². The maximum atomic E-state index is 11.9. The van der Waals surface area contributed by atoms with Gasteiger partial charge in [-0.05, 0) is 51.1 Å². The average molecular weight is 293 g/mol. The molecule has 0 unspecified atom stereocenters. The molecule has 3 fully saturated rings. The third-order valence-electron chi connectivity index (χ3n) is 5.23. The zero-order chi connectivity index (χ0) is 14.5. The summed E-state index contributed by atoms with van der Waals surface area (Å²) in [5, 5.41) is 3.10. The zero-order valence-corrected chi connectivity index (χ0v) is 13.4. The maximum Gasteiger partial charge on any atom is 0.234 e. The molecule has 1 heterocycles. The third kappa shape index (κ3) is 5.26. The molecular formula is C17H31N3O. The topological polar surface area (TPSA) is 35.6 Å². The first-order valence-corrected chi connectivity index (χ1v) is 9.03. The van der Waals surface area contributed by atoms with Crippen molar-refractivity contribution in [3.8, 4) is 0 Å². The molecule has 2 saturated carbocycles. The van der Waals surface area contributed by atoms with Crippen molar-refractivity contribution in [1.29, 1.82) is 0 Å². The fraction of sp³-hybridized carbons (Fsp3) is 0.941. The Hall–Kier alpha value is -0.610. The highest BCUT2D eigenvalue weighted by Crippen LogP contribution is 2.24. The van der Waals surface area contributed by atoms with Gasteiger partial charge in [0.25, 0.3) is 0 Å². The van der Waals surface area contributed by atoms with Gasteiger partial charge in [-0.1, -0.05) is 19.3 Å². The monoisotopic (exact) mass is 293 g/mol. The minimum Gasteiger partial charge on any atom is -0.352 e. The van der Waals surface area contributed by atoms with Gasteiger partial charge in [-0.15, -0.1) is 0 Å². The van der Waals surface area contributed by atoms with Crippen LogP contribution < -0.4 is 5.32 Å². The van der Waals surface area contributed by atoms with Crippen molar-refractivity contribution in [1.82, 2.24) is 15.1 Å². The molecule has 1 saturated heterocycles. The molecule has 0 aromatic carbocycles. The summed E-state index contributed by atoms with van der Waals surface area (Å²) < 4.78 is 0. The number of nitrogens with one attached hydrogen (secondary N) is 1. The van der Waals surface area contributed by atoms with E-state index in [4.69, 9.17) is 0 Å². The molecule has 0 aromatic heterocycles. The quantitative estimate of drug-likeness (QED) is 0.840. The van der Waals surface area contributed by atoms with Crippen LogP contribution in [0.25, 0.3) is 0 Å². The van der Waals surface area contributed by atoms with Crippen LogP contribution in [0, 0.1) is 5.92 Å². The Morgan fingerprint density at radius 1 is 0.857 bits per heavy atom. The Labute approximate surface area is 129 Å². The smallest absolute Gasteiger partial charge is 0.234 e. The van der Waals surface area contributed by atoms with Gasteiger partial charge in [0.05, 0.1) is 6.54 Å². The summed E-state index contributed by atoms with van der Waals surface area (Å²) >= 11 is 0. The van der Waals surface area contributed by atoms with E-state index < -0.39 is 0 Å². The summed E-state index contributed by atoms with van der Waals surface area (Å²) in [6.07, 6.45) is 10.8. The van der Waals surface area contributed by atoms with E-state index in [1.807, 2.05) is 0 Å². The lowest BCUT2D eigenvalue weighted by molar-refractivity contribution is -0.122. The maximum absolute atomic E-state index is 11.9. The molecule has 1 amide bonds. The summed E-state index contributed by atoms with van der Waals surface area (Å²) in [7, 11) is 0. The van der Waals surface area contributed by atoms with Crippen molar-refractivity contribution in [2.24, 2.45) is 5.92 Å². The molecule has 0 spiro atoms. The summed E-state index contributed by atoms with van der Waals surface area (Å²) in [6.45, 7) is 6.41. The third-order valence-corrected chi connectivity index (χ3v) is 5.23. The van der Waals surface area contributed by atoms with Crippen LogP contribution in [0.15, 0.2) is 0 Å². The molecule has 1 aliphatic heterocycles. The molecule has 0 atom stereocenters. The molecule has 4 heteroatoms. The predicted molar refractivity (Wildman–Crippen MR) is 85.2 cm³/mol. The lowest BCUT2D eigenvalue weighted by Crippen LogP contribution is -2.40. The van der Waals surface area contributed by atoms with E-state index in [1.54, 1.807) is 0 Å². The molecular weight excluding hydrogens is 262 g/mol. The molecule has 2 aliphatic carbocycles. The number of rotatable bonds is 5. The Balaban J connectivity index is 1.37. The highest BCUT2D eigenvalue weighted by molar-refractivity contribution is 5.78. The first-order valence-electron chi connectivity index (χ1n) is 9.03. The van der Waals surface area contributed by atoms with Gasteiger partial charge in [0.15, 0.2) is 0 Å². The van der Waals surface area contributed by atoms with Crippen LogP contribution in [0.2, 0.25) is 0 Å². The van der Waals surface area contributed by atoms with Crippen LogP contribution in [-0.2, 0) is 4.79 Å². The number of hydrogen-bond acceptors (Lipinski definition) is 3. The molecule has 21 heavy (non-hydrogen) atoms. The second kappa shape index (κ2) is 7.59. The Kier molecular flexibility index (Phi) is 5.53. The van der Waals surface area contributed by atoms with Crippen LogP contribution in [0.4, 0.5) is 0 Å². The van der Waals surface area contributed by atoms with Gasteiger partial charge in [0.1, 0.15) is 0 Å². The first-order chi connectivity index (χ1) is 10.3. The van der Waals surface area contributed by atoms with Crippen molar-refractivity contribution in [3.63, 3.8) is 0 Å². The second-order valence-electron chi connectivity index (χ2n) is 7.28. The fourth-order valence-electron chi connectivity index (χ4n) is 3.80. The summed E-state index contributed by atoms with van der Waals surface area (Å²) in [6, 6.07) is 0.493. The number of carbonyl (C=O) groups is 1. The van der Waals surface area contributed by atoms with Crippen LogP contribution in [0.1, 0.15) is 51.4 Å². The Morgan fingerprint density at radius 2 is 1.57 bits per heavy atom. The van der Waals surface area contributed by atoms with Gasteiger partial charge in [0, 0.05) is 25.7 Å². The van der Waals surface area contributed by atoms with E-state index in [1.165, 1.54) is 64.5 Å².